The zero-order valence-electron chi connectivity index (χ0n) is 26.3. The average Bonchev–Trinajstić information content (AvgIpc) is 2.97. The Morgan fingerprint density at radius 2 is 0.976 bits per heavy atom. The summed E-state index contributed by atoms with van der Waals surface area (Å²) in [6.07, 6.45) is 22.3. The third-order valence-electron chi connectivity index (χ3n) is 8.25. The molecule has 41 heavy (non-hydrogen) atoms. The van der Waals surface area contributed by atoms with E-state index in [0.29, 0.717) is 6.61 Å². The zero-order valence-corrected chi connectivity index (χ0v) is 26.3. The van der Waals surface area contributed by atoms with Gasteiger partial charge in [0.2, 0.25) is 0 Å². The summed E-state index contributed by atoms with van der Waals surface area (Å²) in [5.41, 5.74) is 0. The number of ether oxygens (including phenoxy) is 3. The van der Waals surface area contributed by atoms with E-state index in [4.69, 9.17) is 14.2 Å². The summed E-state index contributed by atoms with van der Waals surface area (Å²) in [6, 6.07) is 0. The van der Waals surface area contributed by atoms with Crippen LogP contribution in [0.1, 0.15) is 148 Å². The molecule has 5 N–H and O–H groups in total. The highest BCUT2D eigenvalue weighted by atomic mass is 16.7. The molecule has 0 saturated carbocycles. The van der Waals surface area contributed by atoms with E-state index in [2.05, 4.69) is 6.92 Å². The summed E-state index contributed by atoms with van der Waals surface area (Å²) in [6.45, 7) is 2.30. The average molecular weight is 591 g/mol. The highest BCUT2D eigenvalue weighted by Crippen LogP contribution is 2.22. The maximum atomic E-state index is 10.0. The highest BCUT2D eigenvalue weighted by molar-refractivity contribution is 4.88. The van der Waals surface area contributed by atoms with Gasteiger partial charge in [-0.1, -0.05) is 142 Å². The number of aliphatic hydroxyl groups excluding tert-OH is 5. The minimum atomic E-state index is -1.49. The minimum absolute atomic E-state index is 0.108. The molecule has 1 fully saturated rings. The van der Waals surface area contributed by atoms with E-state index >= 15 is 0 Å². The molecule has 1 saturated heterocycles. The van der Waals surface area contributed by atoms with Gasteiger partial charge in [-0.05, 0) is 6.42 Å². The van der Waals surface area contributed by atoms with Crippen molar-refractivity contribution in [3.8, 4) is 0 Å². The predicted octanol–water partition coefficient (Wildman–Crippen LogP) is 5.78. The molecular formula is C33H66O8. The van der Waals surface area contributed by atoms with Crippen LogP contribution >= 0.6 is 0 Å². The van der Waals surface area contributed by atoms with Gasteiger partial charge in [0.25, 0.3) is 0 Å². The molecule has 1 unspecified atom stereocenters. The minimum Gasteiger partial charge on any atom is -0.394 e. The standard InChI is InChI=1S/C33H66O8/c1-2-3-4-5-6-7-8-9-10-11-12-13-14-15-16-17-18-19-20-21-22-23-24-39-26-28(35)27-40-33-32(38)31(37)30(36)29(25-34)41-33/h28-38H,2-27H2,1H3/t28?,29-,30+,31+,32-,33+/m1/s1. The fourth-order valence-electron chi connectivity index (χ4n) is 5.49. The van der Waals surface area contributed by atoms with Crippen LogP contribution in [0.5, 0.6) is 0 Å². The van der Waals surface area contributed by atoms with Gasteiger partial charge in [0.1, 0.15) is 30.5 Å². The lowest BCUT2D eigenvalue weighted by atomic mass is 9.99. The first-order chi connectivity index (χ1) is 20.0. The Bertz CT molecular complexity index is 549. The lowest BCUT2D eigenvalue weighted by Crippen LogP contribution is -2.59. The number of hydrogen-bond acceptors (Lipinski definition) is 8. The smallest absolute Gasteiger partial charge is 0.186 e. The Kier molecular flexibility index (Phi) is 25.7. The molecule has 0 bridgehead atoms. The summed E-state index contributed by atoms with van der Waals surface area (Å²) in [5.74, 6) is 0. The van der Waals surface area contributed by atoms with Crippen molar-refractivity contribution in [2.45, 2.75) is 185 Å². The topological polar surface area (TPSA) is 129 Å². The van der Waals surface area contributed by atoms with Crippen LogP contribution in [-0.2, 0) is 14.2 Å². The summed E-state index contributed by atoms with van der Waals surface area (Å²) in [4.78, 5) is 0. The van der Waals surface area contributed by atoms with Crippen LogP contribution < -0.4 is 0 Å². The number of unbranched alkanes of at least 4 members (excludes halogenated alkanes) is 21. The first-order valence-corrected chi connectivity index (χ1v) is 17.2. The molecule has 0 aliphatic carbocycles. The van der Waals surface area contributed by atoms with E-state index in [-0.39, 0.29) is 13.2 Å². The Morgan fingerprint density at radius 1 is 0.561 bits per heavy atom. The first kappa shape index (κ1) is 38.7. The normalized spacial score (nSPS) is 23.7. The maximum Gasteiger partial charge on any atom is 0.186 e. The van der Waals surface area contributed by atoms with E-state index in [9.17, 15) is 25.5 Å². The molecule has 1 aliphatic heterocycles. The third kappa shape index (κ3) is 20.3. The van der Waals surface area contributed by atoms with Gasteiger partial charge in [-0.15, -0.1) is 0 Å². The van der Waals surface area contributed by atoms with Gasteiger partial charge in [0.05, 0.1) is 19.8 Å². The molecule has 1 heterocycles. The van der Waals surface area contributed by atoms with Crippen molar-refractivity contribution in [2.75, 3.05) is 26.4 Å². The molecule has 6 atom stereocenters. The van der Waals surface area contributed by atoms with Crippen LogP contribution in [0, 0.1) is 0 Å². The predicted molar refractivity (Wildman–Crippen MR) is 164 cm³/mol. The molecule has 0 radical (unpaired) electrons. The molecule has 246 valence electrons. The van der Waals surface area contributed by atoms with Gasteiger partial charge < -0.3 is 39.7 Å². The van der Waals surface area contributed by atoms with Crippen LogP contribution in [0.25, 0.3) is 0 Å². The van der Waals surface area contributed by atoms with Crippen molar-refractivity contribution in [3.63, 3.8) is 0 Å². The maximum absolute atomic E-state index is 10.0. The lowest BCUT2D eigenvalue weighted by Gasteiger charge is -2.39. The Labute approximate surface area is 251 Å². The molecule has 0 aromatic heterocycles. The zero-order chi connectivity index (χ0) is 30.0. The molecular weight excluding hydrogens is 524 g/mol. The SMILES string of the molecule is CCCCCCCCCCCCCCCCCCCCCCCCOCC(O)CO[C@H]1O[C@H](CO)[C@H](O)[C@H](O)[C@H]1O. The van der Waals surface area contributed by atoms with Crippen LogP contribution in [0.2, 0.25) is 0 Å². The van der Waals surface area contributed by atoms with Gasteiger partial charge in [0.15, 0.2) is 6.29 Å². The Hall–Kier alpha value is -0.320. The van der Waals surface area contributed by atoms with E-state index in [1.807, 2.05) is 0 Å². The second-order valence-corrected chi connectivity index (χ2v) is 12.2. The second kappa shape index (κ2) is 27.2. The van der Waals surface area contributed by atoms with Crippen molar-refractivity contribution >= 4 is 0 Å². The lowest BCUT2D eigenvalue weighted by molar-refractivity contribution is -0.305. The largest absolute Gasteiger partial charge is 0.394 e. The molecule has 0 spiro atoms. The fourth-order valence-corrected chi connectivity index (χ4v) is 5.49. The van der Waals surface area contributed by atoms with Crippen molar-refractivity contribution in [1.82, 2.24) is 0 Å². The number of rotatable bonds is 29. The van der Waals surface area contributed by atoms with E-state index in [0.717, 1.165) is 12.8 Å². The van der Waals surface area contributed by atoms with Crippen LogP contribution in [0.3, 0.4) is 0 Å². The summed E-state index contributed by atoms with van der Waals surface area (Å²) in [5, 5.41) is 48.8. The van der Waals surface area contributed by atoms with Gasteiger partial charge in [-0.2, -0.15) is 0 Å². The van der Waals surface area contributed by atoms with Crippen molar-refractivity contribution in [1.29, 1.82) is 0 Å². The fraction of sp³-hybridized carbons (Fsp3) is 1.00. The second-order valence-electron chi connectivity index (χ2n) is 12.2. The summed E-state index contributed by atoms with van der Waals surface area (Å²) >= 11 is 0. The summed E-state index contributed by atoms with van der Waals surface area (Å²) in [7, 11) is 0. The molecule has 1 rings (SSSR count). The Morgan fingerprint density at radius 3 is 1.39 bits per heavy atom. The molecule has 1 aliphatic rings. The van der Waals surface area contributed by atoms with Crippen LogP contribution in [-0.4, -0.2) is 88.8 Å². The van der Waals surface area contributed by atoms with Crippen molar-refractivity contribution < 1.29 is 39.7 Å². The van der Waals surface area contributed by atoms with Gasteiger partial charge in [-0.25, -0.2) is 0 Å². The van der Waals surface area contributed by atoms with Gasteiger partial charge in [-0.3, -0.25) is 0 Å². The third-order valence-corrected chi connectivity index (χ3v) is 8.25. The molecule has 8 nitrogen and oxygen atoms in total. The highest BCUT2D eigenvalue weighted by Gasteiger charge is 2.44. The number of hydrogen-bond donors (Lipinski definition) is 5. The molecule has 0 amide bonds. The van der Waals surface area contributed by atoms with E-state index in [1.54, 1.807) is 0 Å². The first-order valence-electron chi connectivity index (χ1n) is 17.2. The van der Waals surface area contributed by atoms with Crippen molar-refractivity contribution in [2.24, 2.45) is 0 Å². The molecule has 8 heteroatoms. The quantitative estimate of drug-likeness (QED) is 0.0693. The molecule has 0 aromatic carbocycles. The Balaban J connectivity index is 1.78. The molecule has 0 aromatic rings. The van der Waals surface area contributed by atoms with Gasteiger partial charge >= 0.3 is 0 Å². The van der Waals surface area contributed by atoms with Gasteiger partial charge in [0, 0.05) is 6.61 Å². The monoisotopic (exact) mass is 590 g/mol. The van der Waals surface area contributed by atoms with E-state index < -0.39 is 43.4 Å². The van der Waals surface area contributed by atoms with E-state index in [1.165, 1.54) is 128 Å². The summed E-state index contributed by atoms with van der Waals surface area (Å²) < 4.78 is 16.1. The van der Waals surface area contributed by atoms with Crippen LogP contribution in [0.15, 0.2) is 0 Å². The van der Waals surface area contributed by atoms with Crippen molar-refractivity contribution in [3.05, 3.63) is 0 Å². The number of aliphatic hydroxyl groups is 5. The van der Waals surface area contributed by atoms with Crippen LogP contribution in [0.4, 0.5) is 0 Å².